The minimum absolute atomic E-state index is 0.000814. The lowest BCUT2D eigenvalue weighted by Gasteiger charge is -2.30. The van der Waals surface area contributed by atoms with Gasteiger partial charge in [-0.25, -0.2) is 0 Å². The highest BCUT2D eigenvalue weighted by Crippen LogP contribution is 2.32. The Hall–Kier alpha value is -2.89. The van der Waals surface area contributed by atoms with Crippen molar-refractivity contribution in [3.63, 3.8) is 0 Å². The van der Waals surface area contributed by atoms with Crippen molar-refractivity contribution in [3.8, 4) is 5.75 Å². The maximum absolute atomic E-state index is 13.4. The Labute approximate surface area is 169 Å². The number of hydrogen-bond donors (Lipinski definition) is 1. The minimum Gasteiger partial charge on any atom is -0.497 e. The van der Waals surface area contributed by atoms with Crippen LogP contribution < -0.4 is 10.3 Å². The number of aromatic amines is 1. The molecule has 1 aromatic carbocycles. The number of benzene rings is 1. The fourth-order valence-corrected chi connectivity index (χ4v) is 4.41. The van der Waals surface area contributed by atoms with Crippen LogP contribution in [0.2, 0.25) is 0 Å². The van der Waals surface area contributed by atoms with Crippen LogP contribution in [0.15, 0.2) is 35.1 Å². The first-order chi connectivity index (χ1) is 14.1. The van der Waals surface area contributed by atoms with Gasteiger partial charge in [-0.3, -0.25) is 14.4 Å². The molecule has 1 saturated heterocycles. The number of rotatable bonds is 3. The number of H-pyrrole nitrogens is 1. The Kier molecular flexibility index (Phi) is 5.51. The number of carbonyl (C=O) groups excluding carboxylic acids is 2. The van der Waals surface area contributed by atoms with E-state index < -0.39 is 5.56 Å². The number of fused-ring (bicyclic) bond motifs is 1. The topological polar surface area (TPSA) is 79.5 Å². The molecule has 0 spiro atoms. The molecule has 0 radical (unpaired) electrons. The summed E-state index contributed by atoms with van der Waals surface area (Å²) >= 11 is 0. The van der Waals surface area contributed by atoms with Crippen LogP contribution in [0.25, 0.3) is 0 Å². The molecule has 2 aliphatic rings. The second-order valence-corrected chi connectivity index (χ2v) is 7.82. The molecule has 1 atom stereocenters. The molecule has 1 N–H and O–H groups in total. The number of ether oxygens (including phenoxy) is 1. The molecule has 0 unspecified atom stereocenters. The van der Waals surface area contributed by atoms with Crippen molar-refractivity contribution in [3.05, 3.63) is 63.1 Å². The van der Waals surface area contributed by atoms with Crippen LogP contribution in [0.3, 0.4) is 0 Å². The molecule has 1 aliphatic heterocycles. The Balaban J connectivity index is 1.70. The Morgan fingerprint density at radius 2 is 1.86 bits per heavy atom. The molecule has 0 bridgehead atoms. The number of nitrogens with zero attached hydrogens (tertiary/aromatic N) is 1. The first kappa shape index (κ1) is 19.4. The molecule has 1 fully saturated rings. The van der Waals surface area contributed by atoms with Gasteiger partial charge in [0.1, 0.15) is 11.3 Å². The van der Waals surface area contributed by atoms with Gasteiger partial charge in [0.05, 0.1) is 13.2 Å². The monoisotopic (exact) mass is 394 g/mol. The van der Waals surface area contributed by atoms with E-state index >= 15 is 0 Å². The van der Waals surface area contributed by atoms with E-state index in [1.807, 2.05) is 24.3 Å². The summed E-state index contributed by atoms with van der Waals surface area (Å²) in [6, 6.07) is 9.18. The maximum atomic E-state index is 13.4. The lowest BCUT2D eigenvalue weighted by Crippen LogP contribution is -2.38. The largest absolute Gasteiger partial charge is 0.497 e. The molecule has 152 valence electrons. The van der Waals surface area contributed by atoms with Crippen LogP contribution in [0, 0.1) is 0 Å². The predicted octanol–water partition coefficient (Wildman–Crippen LogP) is 3.66. The number of hydrogen-bond acceptors (Lipinski definition) is 4. The van der Waals surface area contributed by atoms with Crippen LogP contribution in [0.4, 0.5) is 0 Å². The van der Waals surface area contributed by atoms with Crippen LogP contribution in [-0.2, 0) is 6.42 Å². The summed E-state index contributed by atoms with van der Waals surface area (Å²) in [6.45, 7) is 0.597. The molecule has 2 aromatic rings. The zero-order chi connectivity index (χ0) is 20.4. The number of amides is 1. The normalized spacial score (nSPS) is 19.4. The van der Waals surface area contributed by atoms with E-state index in [9.17, 15) is 14.4 Å². The SMILES string of the molecule is COc1ccc([C@@H]2CCCCCN2C(=O)c2cc3c([nH]c2=O)CCCC3=O)cc1. The van der Waals surface area contributed by atoms with Gasteiger partial charge in [-0.2, -0.15) is 0 Å². The average molecular weight is 394 g/mol. The summed E-state index contributed by atoms with van der Waals surface area (Å²) in [7, 11) is 1.63. The van der Waals surface area contributed by atoms with E-state index in [2.05, 4.69) is 4.98 Å². The van der Waals surface area contributed by atoms with Crippen molar-refractivity contribution in [2.24, 2.45) is 0 Å². The predicted molar refractivity (Wildman–Crippen MR) is 110 cm³/mol. The zero-order valence-electron chi connectivity index (χ0n) is 16.7. The standard InChI is InChI=1S/C23H26N2O4/c1-29-16-11-9-15(10-12-16)20-7-3-2-4-13-25(20)23(28)18-14-17-19(24-22(18)27)6-5-8-21(17)26/h9-12,14,20H,2-8,13H2,1H3,(H,24,27)/t20-/m0/s1. The van der Waals surface area contributed by atoms with Crippen LogP contribution >= 0.6 is 0 Å². The molecule has 1 amide bonds. The number of aryl methyl sites for hydroxylation is 1. The summed E-state index contributed by atoms with van der Waals surface area (Å²) in [5.41, 5.74) is 1.85. The third-order valence-electron chi connectivity index (χ3n) is 6.00. The summed E-state index contributed by atoms with van der Waals surface area (Å²) in [5, 5.41) is 0. The van der Waals surface area contributed by atoms with Crippen LogP contribution in [0.1, 0.15) is 76.5 Å². The molecular weight excluding hydrogens is 368 g/mol. The van der Waals surface area contributed by atoms with Crippen LogP contribution in [0.5, 0.6) is 5.75 Å². The zero-order valence-corrected chi connectivity index (χ0v) is 16.7. The summed E-state index contributed by atoms with van der Waals surface area (Å²) in [4.78, 5) is 43.0. The number of pyridine rings is 1. The average Bonchev–Trinajstić information content (AvgIpc) is 2.99. The van der Waals surface area contributed by atoms with E-state index in [-0.39, 0.29) is 23.3 Å². The molecule has 29 heavy (non-hydrogen) atoms. The van der Waals surface area contributed by atoms with Gasteiger partial charge in [0.25, 0.3) is 11.5 Å². The molecule has 6 nitrogen and oxygen atoms in total. The quantitative estimate of drug-likeness (QED) is 0.862. The van der Waals surface area contributed by atoms with Gasteiger partial charge in [0.15, 0.2) is 5.78 Å². The molecular formula is C23H26N2O4. The van der Waals surface area contributed by atoms with Gasteiger partial charge >= 0.3 is 0 Å². The van der Waals surface area contributed by atoms with Crippen molar-refractivity contribution in [2.45, 2.75) is 51.0 Å². The third kappa shape index (κ3) is 3.84. The van der Waals surface area contributed by atoms with Gasteiger partial charge in [0.2, 0.25) is 0 Å². The minimum atomic E-state index is -0.402. The van der Waals surface area contributed by atoms with Crippen molar-refractivity contribution >= 4 is 11.7 Å². The van der Waals surface area contributed by atoms with E-state index in [1.165, 1.54) is 6.07 Å². The van der Waals surface area contributed by atoms with Crippen molar-refractivity contribution < 1.29 is 14.3 Å². The molecule has 0 saturated carbocycles. The Morgan fingerprint density at radius 3 is 2.62 bits per heavy atom. The smallest absolute Gasteiger partial charge is 0.261 e. The summed E-state index contributed by atoms with van der Waals surface area (Å²) < 4.78 is 5.25. The molecule has 1 aromatic heterocycles. The molecule has 1 aliphatic carbocycles. The number of carbonyl (C=O) groups is 2. The van der Waals surface area contributed by atoms with Gasteiger partial charge in [-0.1, -0.05) is 25.0 Å². The van der Waals surface area contributed by atoms with Gasteiger partial charge in [0, 0.05) is 24.2 Å². The molecule has 4 rings (SSSR count). The number of nitrogens with one attached hydrogen (secondary N) is 1. The Bertz CT molecular complexity index is 977. The first-order valence-corrected chi connectivity index (χ1v) is 10.3. The maximum Gasteiger partial charge on any atom is 0.261 e. The lowest BCUT2D eigenvalue weighted by atomic mass is 9.93. The number of likely N-dealkylation sites (tertiary alicyclic amines) is 1. The fraction of sp³-hybridized carbons (Fsp3) is 0.435. The number of methoxy groups -OCH3 is 1. The van der Waals surface area contributed by atoms with E-state index in [1.54, 1.807) is 12.0 Å². The number of aromatic nitrogens is 1. The van der Waals surface area contributed by atoms with Gasteiger partial charge in [-0.05, 0) is 49.4 Å². The fourth-order valence-electron chi connectivity index (χ4n) is 4.41. The lowest BCUT2D eigenvalue weighted by molar-refractivity contribution is 0.0679. The molecule has 2 heterocycles. The second kappa shape index (κ2) is 8.23. The van der Waals surface area contributed by atoms with E-state index in [4.69, 9.17) is 4.74 Å². The van der Waals surface area contributed by atoms with Crippen molar-refractivity contribution in [1.82, 2.24) is 9.88 Å². The van der Waals surface area contributed by atoms with Crippen LogP contribution in [-0.4, -0.2) is 35.2 Å². The summed E-state index contributed by atoms with van der Waals surface area (Å²) in [5.74, 6) is 0.471. The van der Waals surface area contributed by atoms with E-state index in [0.29, 0.717) is 30.6 Å². The first-order valence-electron chi connectivity index (χ1n) is 10.3. The number of Topliss-reactive ketones (excluding diaryl/α,β-unsaturated/α-hetero) is 1. The van der Waals surface area contributed by atoms with Gasteiger partial charge in [-0.15, -0.1) is 0 Å². The van der Waals surface area contributed by atoms with E-state index in [0.717, 1.165) is 43.4 Å². The third-order valence-corrected chi connectivity index (χ3v) is 6.00. The van der Waals surface area contributed by atoms with Crippen molar-refractivity contribution in [2.75, 3.05) is 13.7 Å². The Morgan fingerprint density at radius 1 is 1.07 bits per heavy atom. The highest BCUT2D eigenvalue weighted by atomic mass is 16.5. The summed E-state index contributed by atoms with van der Waals surface area (Å²) in [6.07, 6.45) is 5.70. The van der Waals surface area contributed by atoms with Gasteiger partial charge < -0.3 is 14.6 Å². The molecule has 6 heteroatoms. The second-order valence-electron chi connectivity index (χ2n) is 7.82. The highest BCUT2D eigenvalue weighted by Gasteiger charge is 2.30. The number of ketones is 1. The van der Waals surface area contributed by atoms with Crippen molar-refractivity contribution in [1.29, 1.82) is 0 Å². The highest BCUT2D eigenvalue weighted by molar-refractivity contribution is 6.01.